The lowest BCUT2D eigenvalue weighted by Crippen LogP contribution is -2.30. The standard InChI is InChI=1S/C10H20NO4P/c1-4-11-8-7-9(10(11)12)16(13,14-5-2)15-6-3/h9H,4-8H2,1-3H3. The highest BCUT2D eigenvalue weighted by Gasteiger charge is 2.46. The van der Waals surface area contributed by atoms with Crippen molar-refractivity contribution in [1.29, 1.82) is 0 Å². The molecule has 94 valence electrons. The summed E-state index contributed by atoms with van der Waals surface area (Å²) in [6.45, 7) is 7.30. The molecule has 0 aromatic carbocycles. The minimum atomic E-state index is -3.26. The smallest absolute Gasteiger partial charge is 0.342 e. The van der Waals surface area contributed by atoms with Crippen molar-refractivity contribution in [2.45, 2.75) is 32.9 Å². The van der Waals surface area contributed by atoms with Crippen LogP contribution in [0.25, 0.3) is 0 Å². The summed E-state index contributed by atoms with van der Waals surface area (Å²) in [5.74, 6) is -0.104. The highest BCUT2D eigenvalue weighted by molar-refractivity contribution is 7.55. The van der Waals surface area contributed by atoms with E-state index >= 15 is 0 Å². The summed E-state index contributed by atoms with van der Waals surface area (Å²) in [6, 6.07) is 0. The minimum absolute atomic E-state index is 0.104. The second kappa shape index (κ2) is 5.80. The zero-order chi connectivity index (χ0) is 12.2. The van der Waals surface area contributed by atoms with Crippen LogP contribution in [0.5, 0.6) is 0 Å². The van der Waals surface area contributed by atoms with Gasteiger partial charge in [-0.15, -0.1) is 0 Å². The molecule has 0 saturated carbocycles. The summed E-state index contributed by atoms with van der Waals surface area (Å²) < 4.78 is 22.8. The van der Waals surface area contributed by atoms with E-state index in [4.69, 9.17) is 9.05 Å². The summed E-state index contributed by atoms with van der Waals surface area (Å²) in [5, 5.41) is 0. The Morgan fingerprint density at radius 3 is 2.25 bits per heavy atom. The van der Waals surface area contributed by atoms with Gasteiger partial charge in [-0.3, -0.25) is 9.36 Å². The molecule has 16 heavy (non-hydrogen) atoms. The quantitative estimate of drug-likeness (QED) is 0.674. The van der Waals surface area contributed by atoms with Crippen LogP contribution in [0.15, 0.2) is 0 Å². The van der Waals surface area contributed by atoms with Gasteiger partial charge in [-0.05, 0) is 27.2 Å². The van der Waals surface area contributed by atoms with E-state index in [1.54, 1.807) is 18.7 Å². The average Bonchev–Trinajstić information content (AvgIpc) is 2.60. The molecular formula is C10H20NO4P. The maximum Gasteiger partial charge on any atom is 0.343 e. The molecule has 1 aliphatic rings. The fourth-order valence-electron chi connectivity index (χ4n) is 1.91. The number of rotatable bonds is 6. The monoisotopic (exact) mass is 249 g/mol. The minimum Gasteiger partial charge on any atom is -0.342 e. The van der Waals surface area contributed by atoms with Gasteiger partial charge in [0.05, 0.1) is 13.2 Å². The molecule has 1 rings (SSSR count). The molecule has 0 radical (unpaired) electrons. The Hall–Kier alpha value is -0.380. The first-order chi connectivity index (χ1) is 7.59. The van der Waals surface area contributed by atoms with Crippen LogP contribution in [0, 0.1) is 0 Å². The molecule has 0 spiro atoms. The molecule has 1 amide bonds. The second-order valence-electron chi connectivity index (χ2n) is 3.60. The van der Waals surface area contributed by atoms with Gasteiger partial charge in [-0.1, -0.05) is 0 Å². The number of carbonyl (C=O) groups excluding carboxylic acids is 1. The maximum atomic E-state index is 12.4. The van der Waals surface area contributed by atoms with Crippen molar-refractivity contribution in [2.75, 3.05) is 26.3 Å². The first-order valence-electron chi connectivity index (χ1n) is 5.76. The topological polar surface area (TPSA) is 55.8 Å². The maximum absolute atomic E-state index is 12.4. The van der Waals surface area contributed by atoms with Gasteiger partial charge in [0.25, 0.3) is 0 Å². The van der Waals surface area contributed by atoms with Crippen LogP contribution < -0.4 is 0 Å². The fraction of sp³-hybridized carbons (Fsp3) is 0.900. The van der Waals surface area contributed by atoms with Gasteiger partial charge in [-0.2, -0.15) is 0 Å². The van der Waals surface area contributed by atoms with E-state index in [2.05, 4.69) is 0 Å². The number of nitrogens with zero attached hydrogens (tertiary/aromatic N) is 1. The van der Waals surface area contributed by atoms with E-state index in [1.807, 2.05) is 6.92 Å². The van der Waals surface area contributed by atoms with Crippen LogP contribution in [0.1, 0.15) is 27.2 Å². The van der Waals surface area contributed by atoms with Crippen LogP contribution in [0.4, 0.5) is 0 Å². The van der Waals surface area contributed by atoms with Gasteiger partial charge < -0.3 is 13.9 Å². The average molecular weight is 249 g/mol. The van der Waals surface area contributed by atoms with E-state index in [9.17, 15) is 9.36 Å². The molecule has 1 heterocycles. The van der Waals surface area contributed by atoms with Gasteiger partial charge in [0.2, 0.25) is 5.91 Å². The Bertz CT molecular complexity index is 285. The van der Waals surface area contributed by atoms with Crippen LogP contribution in [0.2, 0.25) is 0 Å². The molecule has 1 aliphatic heterocycles. The van der Waals surface area contributed by atoms with Gasteiger partial charge in [0.15, 0.2) is 0 Å². The lowest BCUT2D eigenvalue weighted by atomic mass is 10.4. The molecular weight excluding hydrogens is 229 g/mol. The van der Waals surface area contributed by atoms with E-state index in [-0.39, 0.29) is 5.91 Å². The number of amides is 1. The van der Waals surface area contributed by atoms with Gasteiger partial charge in [-0.25, -0.2) is 0 Å². The molecule has 5 nitrogen and oxygen atoms in total. The Labute approximate surface area is 96.6 Å². The highest BCUT2D eigenvalue weighted by Crippen LogP contribution is 2.56. The molecule has 0 N–H and O–H groups in total. The van der Waals surface area contributed by atoms with Crippen LogP contribution in [0.3, 0.4) is 0 Å². The van der Waals surface area contributed by atoms with Gasteiger partial charge >= 0.3 is 7.60 Å². The van der Waals surface area contributed by atoms with E-state index in [0.717, 1.165) is 0 Å². The first kappa shape index (κ1) is 13.7. The largest absolute Gasteiger partial charge is 0.343 e. The molecule has 1 atom stereocenters. The zero-order valence-electron chi connectivity index (χ0n) is 10.1. The Balaban J connectivity index is 2.80. The van der Waals surface area contributed by atoms with Gasteiger partial charge in [0.1, 0.15) is 5.66 Å². The van der Waals surface area contributed by atoms with Crippen molar-refractivity contribution in [3.63, 3.8) is 0 Å². The Kier molecular flexibility index (Phi) is 4.96. The number of likely N-dealkylation sites (tertiary alicyclic amines) is 1. The van der Waals surface area contributed by atoms with Crippen molar-refractivity contribution < 1.29 is 18.4 Å². The van der Waals surface area contributed by atoms with Crippen molar-refractivity contribution in [3.8, 4) is 0 Å². The molecule has 1 unspecified atom stereocenters. The van der Waals surface area contributed by atoms with Crippen LogP contribution in [-0.4, -0.2) is 42.8 Å². The first-order valence-corrected chi connectivity index (χ1v) is 7.37. The molecule has 6 heteroatoms. The number of carbonyl (C=O) groups is 1. The van der Waals surface area contributed by atoms with Crippen LogP contribution in [-0.2, 0) is 18.4 Å². The molecule has 1 saturated heterocycles. The summed E-state index contributed by atoms with van der Waals surface area (Å²) in [5.41, 5.74) is -0.604. The number of hydrogen-bond acceptors (Lipinski definition) is 4. The van der Waals surface area contributed by atoms with Crippen molar-refractivity contribution in [2.24, 2.45) is 0 Å². The SMILES string of the molecule is CCOP(=O)(OCC)C1CCN(CC)C1=O. The predicted octanol–water partition coefficient (Wildman–Crippen LogP) is 1.87. The Morgan fingerprint density at radius 2 is 1.88 bits per heavy atom. The third-order valence-electron chi connectivity index (χ3n) is 2.65. The third kappa shape index (κ3) is 2.65. The van der Waals surface area contributed by atoms with Crippen LogP contribution >= 0.6 is 7.60 Å². The van der Waals surface area contributed by atoms with Gasteiger partial charge in [0, 0.05) is 13.1 Å². The molecule has 0 aromatic rings. The molecule has 0 aliphatic carbocycles. The second-order valence-corrected chi connectivity index (χ2v) is 5.82. The summed E-state index contributed by atoms with van der Waals surface area (Å²) in [7, 11) is -3.26. The predicted molar refractivity (Wildman–Crippen MR) is 61.5 cm³/mol. The lowest BCUT2D eigenvalue weighted by molar-refractivity contribution is -0.127. The fourth-order valence-corrected chi connectivity index (χ4v) is 3.93. The highest BCUT2D eigenvalue weighted by atomic mass is 31.2. The third-order valence-corrected chi connectivity index (χ3v) is 5.13. The van der Waals surface area contributed by atoms with Crippen molar-refractivity contribution >= 4 is 13.5 Å². The Morgan fingerprint density at radius 1 is 1.31 bits per heavy atom. The van der Waals surface area contributed by atoms with E-state index in [1.165, 1.54) is 0 Å². The molecule has 0 aromatic heterocycles. The summed E-state index contributed by atoms with van der Waals surface area (Å²) >= 11 is 0. The number of hydrogen-bond donors (Lipinski definition) is 0. The zero-order valence-corrected chi connectivity index (χ0v) is 11.0. The van der Waals surface area contributed by atoms with E-state index in [0.29, 0.717) is 32.7 Å². The van der Waals surface area contributed by atoms with E-state index < -0.39 is 13.3 Å². The normalized spacial score (nSPS) is 21.8. The molecule has 1 fully saturated rings. The molecule has 0 bridgehead atoms. The van der Waals surface area contributed by atoms with Crippen molar-refractivity contribution in [1.82, 2.24) is 4.90 Å². The lowest BCUT2D eigenvalue weighted by Gasteiger charge is -2.22. The summed E-state index contributed by atoms with van der Waals surface area (Å²) in [6.07, 6.45) is 0.559. The summed E-state index contributed by atoms with van der Waals surface area (Å²) in [4.78, 5) is 13.6. The van der Waals surface area contributed by atoms with Crippen molar-refractivity contribution in [3.05, 3.63) is 0 Å².